The Balaban J connectivity index is 1.96. The van der Waals surface area contributed by atoms with Crippen LogP contribution in [0.25, 0.3) is 5.57 Å². The molecule has 0 aromatic heterocycles. The summed E-state index contributed by atoms with van der Waals surface area (Å²) < 4.78 is 0. The van der Waals surface area contributed by atoms with Crippen molar-refractivity contribution in [3.05, 3.63) is 77.3 Å². The fraction of sp³-hybridized carbons (Fsp3) is 0.176. The van der Waals surface area contributed by atoms with Gasteiger partial charge in [0.1, 0.15) is 0 Å². The summed E-state index contributed by atoms with van der Waals surface area (Å²) in [6.07, 6.45) is 0. The van der Waals surface area contributed by atoms with Crippen molar-refractivity contribution in [3.8, 4) is 0 Å². The van der Waals surface area contributed by atoms with E-state index in [0.717, 1.165) is 22.7 Å². The molecule has 0 unspecified atom stereocenters. The molecule has 0 spiro atoms. The number of halogens is 1. The first-order valence-corrected chi connectivity index (χ1v) is 6.77. The Morgan fingerprint density at radius 2 is 1.74 bits per heavy atom. The minimum atomic E-state index is 0.203. The number of hydrogen-bond acceptors (Lipinski definition) is 1. The van der Waals surface area contributed by atoms with Crippen molar-refractivity contribution in [2.45, 2.75) is 13.0 Å². The minimum absolute atomic E-state index is 0.203. The van der Waals surface area contributed by atoms with Gasteiger partial charge in [0, 0.05) is 17.6 Å². The number of rotatable bonds is 5. The van der Waals surface area contributed by atoms with Crippen LogP contribution >= 0.6 is 11.6 Å². The molecular formula is C17H18ClN. The molecule has 0 saturated carbocycles. The summed E-state index contributed by atoms with van der Waals surface area (Å²) in [4.78, 5) is 0. The highest BCUT2D eigenvalue weighted by Gasteiger charge is 2.08. The topological polar surface area (TPSA) is 12.0 Å². The number of nitrogens with one attached hydrogen (secondary N) is 1. The normalized spacial score (nSPS) is 12.1. The van der Waals surface area contributed by atoms with Crippen molar-refractivity contribution in [2.75, 3.05) is 6.54 Å². The summed E-state index contributed by atoms with van der Waals surface area (Å²) in [5, 5.41) is 4.25. The lowest BCUT2D eigenvalue weighted by Crippen LogP contribution is -2.20. The smallest absolute Gasteiger partial charge is 0.0453 e. The molecule has 0 radical (unpaired) electrons. The Morgan fingerprint density at radius 3 is 2.42 bits per heavy atom. The van der Waals surface area contributed by atoms with Crippen molar-refractivity contribution in [2.24, 2.45) is 0 Å². The summed E-state index contributed by atoms with van der Waals surface area (Å²) in [5.74, 6) is 0. The maximum absolute atomic E-state index is 6.19. The van der Waals surface area contributed by atoms with Crippen LogP contribution in [0.15, 0.2) is 61.2 Å². The van der Waals surface area contributed by atoms with Crippen LogP contribution in [0.5, 0.6) is 0 Å². The second kappa shape index (κ2) is 6.55. The van der Waals surface area contributed by atoms with E-state index in [1.807, 2.05) is 42.5 Å². The third-order valence-electron chi connectivity index (χ3n) is 3.18. The first-order valence-electron chi connectivity index (χ1n) is 6.39. The third kappa shape index (κ3) is 3.69. The molecule has 2 aromatic rings. The van der Waals surface area contributed by atoms with Gasteiger partial charge in [-0.15, -0.1) is 0 Å². The third-order valence-corrected chi connectivity index (χ3v) is 3.52. The van der Waals surface area contributed by atoms with E-state index in [1.165, 1.54) is 5.56 Å². The van der Waals surface area contributed by atoms with Gasteiger partial charge in [0.15, 0.2) is 0 Å². The molecule has 0 heterocycles. The fourth-order valence-electron chi connectivity index (χ4n) is 1.99. The van der Waals surface area contributed by atoms with E-state index in [-0.39, 0.29) is 6.04 Å². The largest absolute Gasteiger partial charge is 0.306 e. The fourth-order valence-corrected chi connectivity index (χ4v) is 2.29. The van der Waals surface area contributed by atoms with Crippen LogP contribution in [0.3, 0.4) is 0 Å². The Hall–Kier alpha value is -1.57. The number of hydrogen-bond donors (Lipinski definition) is 1. The van der Waals surface area contributed by atoms with E-state index in [9.17, 15) is 0 Å². The SMILES string of the molecule is C=C(CN[C@H](C)c1ccccc1Cl)c1ccccc1. The van der Waals surface area contributed by atoms with Crippen molar-refractivity contribution in [3.63, 3.8) is 0 Å². The van der Waals surface area contributed by atoms with Crippen LogP contribution in [0, 0.1) is 0 Å². The van der Waals surface area contributed by atoms with Crippen molar-refractivity contribution in [1.29, 1.82) is 0 Å². The van der Waals surface area contributed by atoms with Gasteiger partial charge in [-0.3, -0.25) is 0 Å². The van der Waals surface area contributed by atoms with Gasteiger partial charge in [-0.05, 0) is 29.7 Å². The van der Waals surface area contributed by atoms with E-state index in [2.05, 4.69) is 31.0 Å². The van der Waals surface area contributed by atoms with Gasteiger partial charge in [0.25, 0.3) is 0 Å². The van der Waals surface area contributed by atoms with Crippen LogP contribution in [-0.2, 0) is 0 Å². The molecule has 0 amide bonds. The highest BCUT2D eigenvalue weighted by molar-refractivity contribution is 6.31. The standard InChI is InChI=1S/C17H18ClN/c1-13(15-8-4-3-5-9-15)12-19-14(2)16-10-6-7-11-17(16)18/h3-11,14,19H,1,12H2,2H3/t14-/m1/s1. The molecule has 0 aliphatic heterocycles. The minimum Gasteiger partial charge on any atom is -0.306 e. The van der Waals surface area contributed by atoms with E-state index in [1.54, 1.807) is 0 Å². The average Bonchev–Trinajstić information content (AvgIpc) is 2.46. The molecular weight excluding hydrogens is 254 g/mol. The molecule has 1 atom stereocenters. The summed E-state index contributed by atoms with van der Waals surface area (Å²) in [7, 11) is 0. The zero-order valence-corrected chi connectivity index (χ0v) is 11.8. The predicted octanol–water partition coefficient (Wildman–Crippen LogP) is 4.70. The lowest BCUT2D eigenvalue weighted by Gasteiger charge is -2.16. The highest BCUT2D eigenvalue weighted by Crippen LogP contribution is 2.22. The van der Waals surface area contributed by atoms with Gasteiger partial charge in [-0.2, -0.15) is 0 Å². The molecule has 2 heteroatoms. The van der Waals surface area contributed by atoms with Crippen molar-refractivity contribution >= 4 is 17.2 Å². The number of benzene rings is 2. The molecule has 2 aromatic carbocycles. The molecule has 0 aliphatic carbocycles. The van der Waals surface area contributed by atoms with E-state index >= 15 is 0 Å². The van der Waals surface area contributed by atoms with Crippen LogP contribution < -0.4 is 5.32 Å². The highest BCUT2D eigenvalue weighted by atomic mass is 35.5. The molecule has 0 fully saturated rings. The Labute approximate surface area is 119 Å². The summed E-state index contributed by atoms with van der Waals surface area (Å²) in [6, 6.07) is 18.3. The van der Waals surface area contributed by atoms with E-state index < -0.39 is 0 Å². The zero-order chi connectivity index (χ0) is 13.7. The van der Waals surface area contributed by atoms with Gasteiger partial charge in [0.05, 0.1) is 0 Å². The molecule has 19 heavy (non-hydrogen) atoms. The van der Waals surface area contributed by atoms with Crippen LogP contribution in [0.1, 0.15) is 24.1 Å². The maximum Gasteiger partial charge on any atom is 0.0453 e. The second-order valence-electron chi connectivity index (χ2n) is 4.59. The molecule has 1 nitrogen and oxygen atoms in total. The maximum atomic E-state index is 6.19. The first-order chi connectivity index (χ1) is 9.18. The average molecular weight is 272 g/mol. The Bertz CT molecular complexity index is 548. The van der Waals surface area contributed by atoms with Gasteiger partial charge in [-0.25, -0.2) is 0 Å². The lowest BCUT2D eigenvalue weighted by molar-refractivity contribution is 0.623. The Kier molecular flexibility index (Phi) is 4.78. The molecule has 0 aliphatic rings. The van der Waals surface area contributed by atoms with E-state index in [0.29, 0.717) is 0 Å². The van der Waals surface area contributed by atoms with Gasteiger partial charge < -0.3 is 5.32 Å². The Morgan fingerprint density at radius 1 is 1.11 bits per heavy atom. The van der Waals surface area contributed by atoms with E-state index in [4.69, 9.17) is 11.6 Å². The first kappa shape index (κ1) is 13.9. The summed E-state index contributed by atoms with van der Waals surface area (Å²) in [6.45, 7) is 6.97. The van der Waals surface area contributed by atoms with Crippen LogP contribution in [-0.4, -0.2) is 6.54 Å². The predicted molar refractivity (Wildman–Crippen MR) is 83.3 cm³/mol. The zero-order valence-electron chi connectivity index (χ0n) is 11.1. The van der Waals surface area contributed by atoms with Gasteiger partial charge in [0.2, 0.25) is 0 Å². The molecule has 98 valence electrons. The van der Waals surface area contributed by atoms with Crippen LogP contribution in [0.2, 0.25) is 5.02 Å². The molecule has 1 N–H and O–H groups in total. The second-order valence-corrected chi connectivity index (χ2v) is 5.00. The summed E-state index contributed by atoms with van der Waals surface area (Å²) >= 11 is 6.19. The monoisotopic (exact) mass is 271 g/mol. The van der Waals surface area contributed by atoms with Gasteiger partial charge in [-0.1, -0.05) is 66.7 Å². The lowest BCUT2D eigenvalue weighted by atomic mass is 10.1. The molecule has 2 rings (SSSR count). The van der Waals surface area contributed by atoms with Gasteiger partial charge >= 0.3 is 0 Å². The quantitative estimate of drug-likeness (QED) is 0.831. The van der Waals surface area contributed by atoms with Crippen molar-refractivity contribution in [1.82, 2.24) is 5.32 Å². The molecule has 0 bridgehead atoms. The van der Waals surface area contributed by atoms with Crippen molar-refractivity contribution < 1.29 is 0 Å². The van der Waals surface area contributed by atoms with Crippen LogP contribution in [0.4, 0.5) is 0 Å². The summed E-state index contributed by atoms with van der Waals surface area (Å²) in [5.41, 5.74) is 3.37. The molecule has 0 saturated heterocycles.